The maximum absolute atomic E-state index is 10.3. The molecule has 1 unspecified atom stereocenters. The third-order valence-electron chi connectivity index (χ3n) is 1.64. The van der Waals surface area contributed by atoms with Gasteiger partial charge in [-0.2, -0.15) is 4.21 Å². The second-order valence-electron chi connectivity index (χ2n) is 2.15. The van der Waals surface area contributed by atoms with Gasteiger partial charge >= 0.3 is 11.4 Å². The molecule has 1 atom stereocenters. The molecule has 4 heteroatoms. The number of hydrogen-bond donors (Lipinski definition) is 1. The van der Waals surface area contributed by atoms with Crippen LogP contribution in [-0.4, -0.2) is 14.4 Å². The maximum Gasteiger partial charge on any atom is 0.303 e. The molecule has 0 radical (unpaired) electrons. The number of rotatable bonds is 4. The van der Waals surface area contributed by atoms with Gasteiger partial charge < -0.3 is 0 Å². The number of terminal acetylenes is 1. The summed E-state index contributed by atoms with van der Waals surface area (Å²) >= 11 is -2.28. The van der Waals surface area contributed by atoms with Crippen LogP contribution in [0.4, 0.5) is 0 Å². The van der Waals surface area contributed by atoms with E-state index in [4.69, 9.17) is 11.0 Å². The van der Waals surface area contributed by atoms with Gasteiger partial charge in [-0.05, 0) is 12.8 Å². The monoisotopic (exact) mass is 176 g/mol. The fraction of sp³-hybridized carbons (Fsp3) is 0.714. The molecule has 0 aromatic carbocycles. The Morgan fingerprint density at radius 3 is 2.18 bits per heavy atom. The molecular formula is C7H12O3S. The molecule has 0 fully saturated rings. The van der Waals surface area contributed by atoms with Crippen molar-refractivity contribution in [1.29, 1.82) is 0 Å². The largest absolute Gasteiger partial charge is 0.303 e. The van der Waals surface area contributed by atoms with Crippen LogP contribution in [0.25, 0.3) is 0 Å². The summed E-state index contributed by atoms with van der Waals surface area (Å²) < 4.78 is 23.4. The minimum atomic E-state index is -2.28. The van der Waals surface area contributed by atoms with Crippen molar-refractivity contribution in [2.24, 2.45) is 0 Å². The molecule has 11 heavy (non-hydrogen) atoms. The summed E-state index contributed by atoms with van der Waals surface area (Å²) in [5, 5.41) is 0. The second kappa shape index (κ2) is 4.50. The van der Waals surface area contributed by atoms with Crippen LogP contribution in [0.1, 0.15) is 26.7 Å². The summed E-state index contributed by atoms with van der Waals surface area (Å²) in [7, 11) is 0. The van der Waals surface area contributed by atoms with Crippen LogP contribution < -0.4 is 0 Å². The van der Waals surface area contributed by atoms with Crippen LogP contribution in [0.5, 0.6) is 0 Å². The van der Waals surface area contributed by atoms with E-state index >= 15 is 0 Å². The molecule has 0 aromatic heterocycles. The SMILES string of the molecule is C#CC(CC)(CC)OS(=O)O. The van der Waals surface area contributed by atoms with Gasteiger partial charge in [0.15, 0.2) is 0 Å². The van der Waals surface area contributed by atoms with E-state index in [2.05, 4.69) is 10.1 Å². The highest BCUT2D eigenvalue weighted by molar-refractivity contribution is 7.74. The van der Waals surface area contributed by atoms with Gasteiger partial charge in [-0.3, -0.25) is 4.55 Å². The Balaban J connectivity index is 4.32. The molecule has 0 saturated heterocycles. The molecule has 0 saturated carbocycles. The molecule has 0 bridgehead atoms. The predicted octanol–water partition coefficient (Wildman–Crippen LogP) is 1.33. The van der Waals surface area contributed by atoms with Gasteiger partial charge in [-0.15, -0.1) is 6.42 Å². The zero-order chi connectivity index (χ0) is 8.91. The highest BCUT2D eigenvalue weighted by atomic mass is 32.2. The Morgan fingerprint density at radius 1 is 1.64 bits per heavy atom. The maximum atomic E-state index is 10.3. The third-order valence-corrected chi connectivity index (χ3v) is 2.10. The summed E-state index contributed by atoms with van der Waals surface area (Å²) in [6.07, 6.45) is 6.22. The van der Waals surface area contributed by atoms with Crippen molar-refractivity contribution in [3.05, 3.63) is 0 Å². The minimum Gasteiger partial charge on any atom is -0.284 e. The summed E-state index contributed by atoms with van der Waals surface area (Å²) in [5.41, 5.74) is -0.875. The predicted molar refractivity (Wildman–Crippen MR) is 44.0 cm³/mol. The van der Waals surface area contributed by atoms with Gasteiger partial charge in [0.2, 0.25) is 0 Å². The fourth-order valence-corrected chi connectivity index (χ4v) is 1.29. The molecule has 64 valence electrons. The topological polar surface area (TPSA) is 46.5 Å². The average molecular weight is 176 g/mol. The molecule has 0 rings (SSSR count). The number of hydrogen-bond acceptors (Lipinski definition) is 2. The van der Waals surface area contributed by atoms with Crippen molar-refractivity contribution in [2.75, 3.05) is 0 Å². The average Bonchev–Trinajstić information content (AvgIpc) is 2.00. The van der Waals surface area contributed by atoms with Gasteiger partial charge in [0.05, 0.1) is 0 Å². The Labute approximate surface area is 69.6 Å². The summed E-state index contributed by atoms with van der Waals surface area (Å²) in [6, 6.07) is 0. The normalized spacial score (nSPS) is 14.0. The molecule has 0 heterocycles. The molecule has 0 amide bonds. The van der Waals surface area contributed by atoms with Gasteiger partial charge in [0.1, 0.15) is 5.60 Å². The molecule has 3 nitrogen and oxygen atoms in total. The zero-order valence-electron chi connectivity index (χ0n) is 6.66. The van der Waals surface area contributed by atoms with E-state index in [1.165, 1.54) is 0 Å². The summed E-state index contributed by atoms with van der Waals surface area (Å²) in [4.78, 5) is 0. The van der Waals surface area contributed by atoms with Gasteiger partial charge in [-0.25, -0.2) is 4.18 Å². The lowest BCUT2D eigenvalue weighted by molar-refractivity contribution is 0.126. The van der Waals surface area contributed by atoms with Gasteiger partial charge in [-0.1, -0.05) is 19.8 Å². The first-order valence-corrected chi connectivity index (χ1v) is 4.41. The van der Waals surface area contributed by atoms with Gasteiger partial charge in [0, 0.05) is 0 Å². The Morgan fingerprint density at radius 2 is 2.09 bits per heavy atom. The van der Waals surface area contributed by atoms with Crippen LogP contribution in [0.2, 0.25) is 0 Å². The molecule has 0 aliphatic rings. The van der Waals surface area contributed by atoms with E-state index in [9.17, 15) is 4.21 Å². The first-order valence-electron chi connectivity index (χ1n) is 3.38. The van der Waals surface area contributed by atoms with Crippen LogP contribution in [-0.2, 0) is 15.5 Å². The van der Waals surface area contributed by atoms with Crippen molar-refractivity contribution in [3.8, 4) is 12.3 Å². The highest BCUT2D eigenvalue weighted by Gasteiger charge is 2.26. The van der Waals surface area contributed by atoms with Gasteiger partial charge in [0.25, 0.3) is 0 Å². The quantitative estimate of drug-likeness (QED) is 0.519. The standard InChI is InChI=1S/C7H12O3S/c1-4-7(5-2,6-3)10-11(8)9/h1H,5-6H2,2-3H3,(H,8,9). The molecule has 0 aliphatic carbocycles. The molecule has 0 aliphatic heterocycles. The van der Waals surface area contributed by atoms with Crippen LogP contribution in [0, 0.1) is 12.3 Å². The van der Waals surface area contributed by atoms with E-state index in [0.717, 1.165) is 0 Å². The first-order chi connectivity index (χ1) is 5.10. The fourth-order valence-electron chi connectivity index (χ4n) is 0.732. The van der Waals surface area contributed by atoms with E-state index in [1.54, 1.807) is 0 Å². The van der Waals surface area contributed by atoms with Crippen molar-refractivity contribution in [2.45, 2.75) is 32.3 Å². The van der Waals surface area contributed by atoms with Crippen molar-refractivity contribution >= 4 is 11.4 Å². The molecule has 0 spiro atoms. The molecule has 1 N–H and O–H groups in total. The first kappa shape index (κ1) is 10.6. The third kappa shape index (κ3) is 3.02. The van der Waals surface area contributed by atoms with Crippen LogP contribution in [0.3, 0.4) is 0 Å². The smallest absolute Gasteiger partial charge is 0.284 e. The lowest BCUT2D eigenvalue weighted by Gasteiger charge is -2.22. The lowest BCUT2D eigenvalue weighted by atomic mass is 9.99. The van der Waals surface area contributed by atoms with E-state index in [1.807, 2.05) is 13.8 Å². The van der Waals surface area contributed by atoms with Crippen LogP contribution >= 0.6 is 0 Å². The van der Waals surface area contributed by atoms with E-state index in [0.29, 0.717) is 12.8 Å². The lowest BCUT2D eigenvalue weighted by Crippen LogP contribution is -2.29. The Hall–Kier alpha value is -0.370. The van der Waals surface area contributed by atoms with Crippen molar-refractivity contribution in [1.82, 2.24) is 0 Å². The van der Waals surface area contributed by atoms with Crippen LogP contribution in [0.15, 0.2) is 0 Å². The molecular weight excluding hydrogens is 164 g/mol. The highest BCUT2D eigenvalue weighted by Crippen LogP contribution is 2.19. The summed E-state index contributed by atoms with van der Waals surface area (Å²) in [5.74, 6) is 2.37. The Bertz CT molecular complexity index is 179. The van der Waals surface area contributed by atoms with Crippen molar-refractivity contribution in [3.63, 3.8) is 0 Å². The minimum absolute atomic E-state index is 0.534. The Kier molecular flexibility index (Phi) is 4.34. The van der Waals surface area contributed by atoms with E-state index < -0.39 is 17.0 Å². The van der Waals surface area contributed by atoms with E-state index in [-0.39, 0.29) is 0 Å². The molecule has 0 aromatic rings. The summed E-state index contributed by atoms with van der Waals surface area (Å²) in [6.45, 7) is 3.63. The van der Waals surface area contributed by atoms with Crippen molar-refractivity contribution < 1.29 is 12.9 Å². The second-order valence-corrected chi connectivity index (χ2v) is 2.75. The zero-order valence-corrected chi connectivity index (χ0v) is 7.48.